The van der Waals surface area contributed by atoms with Gasteiger partial charge in [-0.15, -0.1) is 0 Å². The molecular weight excluding hydrogens is 300 g/mol. The summed E-state index contributed by atoms with van der Waals surface area (Å²) in [5.74, 6) is 0.143. The Hall–Kier alpha value is -1.65. The van der Waals surface area contributed by atoms with Crippen molar-refractivity contribution in [2.75, 3.05) is 20.2 Å². The first-order valence-electron chi connectivity index (χ1n) is 7.42. The van der Waals surface area contributed by atoms with Crippen molar-refractivity contribution < 1.29 is 9.53 Å². The Kier molecular flexibility index (Phi) is 4.32. The largest absolute Gasteiger partial charge is 0.469 e. The maximum Gasteiger partial charge on any atom is 0.310 e. The third-order valence-corrected chi connectivity index (χ3v) is 4.72. The second-order valence-electron chi connectivity index (χ2n) is 5.91. The van der Waals surface area contributed by atoms with Gasteiger partial charge in [0.25, 0.3) is 0 Å². The van der Waals surface area contributed by atoms with Gasteiger partial charge in [0, 0.05) is 36.2 Å². The van der Waals surface area contributed by atoms with Crippen LogP contribution in [0.25, 0.3) is 10.9 Å². The van der Waals surface area contributed by atoms with Gasteiger partial charge in [-0.05, 0) is 29.7 Å². The van der Waals surface area contributed by atoms with Crippen LogP contribution in [0.1, 0.15) is 12.5 Å². The molecule has 4 nitrogen and oxygen atoms in total. The molecule has 0 spiro atoms. The Labute approximate surface area is 135 Å². The highest BCUT2D eigenvalue weighted by Crippen LogP contribution is 2.29. The molecule has 3 rings (SSSR count). The zero-order valence-corrected chi connectivity index (χ0v) is 13.5. The fourth-order valence-electron chi connectivity index (χ4n) is 3.22. The van der Waals surface area contributed by atoms with Crippen LogP contribution in [0.5, 0.6) is 0 Å². The van der Waals surface area contributed by atoms with Gasteiger partial charge >= 0.3 is 5.97 Å². The van der Waals surface area contributed by atoms with Crippen LogP contribution in [0, 0.1) is 11.8 Å². The van der Waals surface area contributed by atoms with Gasteiger partial charge in [-0.3, -0.25) is 14.7 Å². The van der Waals surface area contributed by atoms with Gasteiger partial charge in [0.1, 0.15) is 0 Å². The van der Waals surface area contributed by atoms with E-state index < -0.39 is 0 Å². The van der Waals surface area contributed by atoms with Crippen molar-refractivity contribution in [1.82, 2.24) is 9.88 Å². The van der Waals surface area contributed by atoms with Gasteiger partial charge in [-0.25, -0.2) is 0 Å². The summed E-state index contributed by atoms with van der Waals surface area (Å²) >= 11 is 6.24. The van der Waals surface area contributed by atoms with Gasteiger partial charge in [0.2, 0.25) is 0 Å². The standard InChI is InChI=1S/C17H19ClN2O2/c1-11-8-20(10-14(11)17(21)22-2)9-12-5-6-15(18)13-4-3-7-19-16(12)13/h3-7,11,14H,8-10H2,1-2H3. The average molecular weight is 319 g/mol. The summed E-state index contributed by atoms with van der Waals surface area (Å²) in [5.41, 5.74) is 2.07. The van der Waals surface area contributed by atoms with Crippen LogP contribution in [0.3, 0.4) is 0 Å². The van der Waals surface area contributed by atoms with E-state index in [9.17, 15) is 4.79 Å². The number of carbonyl (C=O) groups excluding carboxylic acids is 1. The van der Waals surface area contributed by atoms with E-state index in [1.54, 1.807) is 6.20 Å². The zero-order valence-electron chi connectivity index (χ0n) is 12.8. The molecule has 2 atom stereocenters. The molecule has 2 heterocycles. The maximum absolute atomic E-state index is 11.8. The van der Waals surface area contributed by atoms with Crippen LogP contribution >= 0.6 is 11.6 Å². The highest BCUT2D eigenvalue weighted by Gasteiger charge is 2.35. The molecule has 0 N–H and O–H groups in total. The van der Waals surface area contributed by atoms with Crippen LogP contribution in [-0.2, 0) is 16.1 Å². The number of carbonyl (C=O) groups is 1. The number of halogens is 1. The first kappa shape index (κ1) is 15.3. The number of aromatic nitrogens is 1. The Morgan fingerprint density at radius 2 is 2.23 bits per heavy atom. The lowest BCUT2D eigenvalue weighted by molar-refractivity contribution is -0.146. The lowest BCUT2D eigenvalue weighted by Gasteiger charge is -2.17. The number of likely N-dealkylation sites (tertiary alicyclic amines) is 1. The number of ether oxygens (including phenoxy) is 1. The van der Waals surface area contributed by atoms with E-state index in [2.05, 4.69) is 16.8 Å². The van der Waals surface area contributed by atoms with Gasteiger partial charge in [0.05, 0.1) is 18.5 Å². The predicted octanol–water partition coefficient (Wildman–Crippen LogP) is 3.13. The first-order chi connectivity index (χ1) is 10.6. The predicted molar refractivity (Wildman–Crippen MR) is 86.7 cm³/mol. The molecule has 0 amide bonds. The molecule has 0 radical (unpaired) electrons. The highest BCUT2D eigenvalue weighted by molar-refractivity contribution is 6.35. The fraction of sp³-hybridized carbons (Fsp3) is 0.412. The maximum atomic E-state index is 11.8. The quantitative estimate of drug-likeness (QED) is 0.815. The molecule has 0 saturated carbocycles. The Morgan fingerprint density at radius 3 is 3.00 bits per heavy atom. The van der Waals surface area contributed by atoms with Crippen LogP contribution in [0.4, 0.5) is 0 Å². The summed E-state index contributed by atoms with van der Waals surface area (Å²) in [7, 11) is 1.45. The molecule has 0 bridgehead atoms. The second-order valence-corrected chi connectivity index (χ2v) is 6.31. The molecule has 5 heteroatoms. The molecule has 1 aliphatic rings. The molecule has 2 unspecified atom stereocenters. The highest BCUT2D eigenvalue weighted by atomic mass is 35.5. The summed E-state index contributed by atoms with van der Waals surface area (Å²) in [6.07, 6.45) is 1.78. The molecule has 1 fully saturated rings. The molecule has 1 aromatic carbocycles. The van der Waals surface area contributed by atoms with E-state index in [4.69, 9.17) is 16.3 Å². The molecule has 1 aliphatic heterocycles. The molecule has 2 aromatic rings. The van der Waals surface area contributed by atoms with Crippen LogP contribution in [0.2, 0.25) is 5.02 Å². The van der Waals surface area contributed by atoms with Gasteiger partial charge in [0.15, 0.2) is 0 Å². The van der Waals surface area contributed by atoms with Gasteiger partial charge in [-0.2, -0.15) is 0 Å². The Morgan fingerprint density at radius 1 is 1.41 bits per heavy atom. The number of methoxy groups -OCH3 is 1. The number of hydrogen-bond acceptors (Lipinski definition) is 4. The smallest absolute Gasteiger partial charge is 0.310 e. The molecule has 116 valence electrons. The van der Waals surface area contributed by atoms with E-state index >= 15 is 0 Å². The van der Waals surface area contributed by atoms with Gasteiger partial charge in [-0.1, -0.05) is 24.6 Å². The van der Waals surface area contributed by atoms with Gasteiger partial charge < -0.3 is 4.74 Å². The summed E-state index contributed by atoms with van der Waals surface area (Å²) in [6, 6.07) is 7.81. The summed E-state index contributed by atoms with van der Waals surface area (Å²) in [6.45, 7) is 4.48. The number of esters is 1. The number of benzene rings is 1. The molecular formula is C17H19ClN2O2. The average Bonchev–Trinajstić information content (AvgIpc) is 2.90. The minimum absolute atomic E-state index is 0.0449. The third kappa shape index (κ3) is 2.81. The number of nitrogens with zero attached hydrogens (tertiary/aromatic N) is 2. The SMILES string of the molecule is COC(=O)C1CN(Cc2ccc(Cl)c3cccnc23)CC1C. The lowest BCUT2D eigenvalue weighted by Crippen LogP contribution is -2.24. The summed E-state index contributed by atoms with van der Waals surface area (Å²) in [5, 5.41) is 1.69. The van der Waals surface area contributed by atoms with E-state index in [1.165, 1.54) is 7.11 Å². The molecule has 0 aliphatic carbocycles. The molecule has 1 aromatic heterocycles. The minimum Gasteiger partial charge on any atom is -0.469 e. The second kappa shape index (κ2) is 6.23. The Bertz CT molecular complexity index is 704. The number of rotatable bonds is 3. The molecule has 22 heavy (non-hydrogen) atoms. The van der Waals surface area contributed by atoms with Crippen molar-refractivity contribution in [1.29, 1.82) is 0 Å². The van der Waals surface area contributed by atoms with Crippen LogP contribution in [-0.4, -0.2) is 36.1 Å². The Balaban J connectivity index is 1.83. The number of fused-ring (bicyclic) bond motifs is 1. The van der Waals surface area contributed by atoms with E-state index in [0.29, 0.717) is 10.9 Å². The lowest BCUT2D eigenvalue weighted by atomic mass is 9.99. The van der Waals surface area contributed by atoms with Crippen molar-refractivity contribution in [3.05, 3.63) is 41.0 Å². The van der Waals surface area contributed by atoms with Crippen molar-refractivity contribution in [2.24, 2.45) is 11.8 Å². The third-order valence-electron chi connectivity index (χ3n) is 4.39. The normalized spacial score (nSPS) is 22.1. The van der Waals surface area contributed by atoms with E-state index in [1.807, 2.05) is 24.3 Å². The minimum atomic E-state index is -0.117. The topological polar surface area (TPSA) is 42.4 Å². The van der Waals surface area contributed by atoms with Crippen molar-refractivity contribution in [3.8, 4) is 0 Å². The monoisotopic (exact) mass is 318 g/mol. The van der Waals surface area contributed by atoms with Crippen LogP contribution in [0.15, 0.2) is 30.5 Å². The number of pyridine rings is 1. The van der Waals surface area contributed by atoms with E-state index in [0.717, 1.165) is 36.1 Å². The number of hydrogen-bond donors (Lipinski definition) is 0. The summed E-state index contributed by atoms with van der Waals surface area (Å²) in [4.78, 5) is 18.6. The molecule has 1 saturated heterocycles. The van der Waals surface area contributed by atoms with E-state index in [-0.39, 0.29) is 11.9 Å². The van der Waals surface area contributed by atoms with Crippen molar-refractivity contribution in [2.45, 2.75) is 13.5 Å². The fourth-order valence-corrected chi connectivity index (χ4v) is 3.43. The first-order valence-corrected chi connectivity index (χ1v) is 7.80. The zero-order chi connectivity index (χ0) is 15.7. The summed E-state index contributed by atoms with van der Waals surface area (Å²) < 4.78 is 4.89. The van der Waals surface area contributed by atoms with Crippen molar-refractivity contribution in [3.63, 3.8) is 0 Å². The van der Waals surface area contributed by atoms with Crippen LogP contribution < -0.4 is 0 Å². The van der Waals surface area contributed by atoms with Crippen molar-refractivity contribution >= 4 is 28.5 Å².